The maximum absolute atomic E-state index is 5.64. The smallest absolute Gasteiger partial charge is 0.233 e. The van der Waals surface area contributed by atoms with Gasteiger partial charge in [0, 0.05) is 5.92 Å². The standard InChI is InChI=1S/C10H17N3O/c1-4-8(11-3)10-13-12-9(14-10)7-5-6(7)2/h6-8,11H,4-5H2,1-3H3. The highest BCUT2D eigenvalue weighted by molar-refractivity contribution is 5.05. The molecule has 0 spiro atoms. The van der Waals surface area contributed by atoms with Crippen molar-refractivity contribution in [2.75, 3.05) is 7.05 Å². The summed E-state index contributed by atoms with van der Waals surface area (Å²) in [5.74, 6) is 2.79. The van der Waals surface area contributed by atoms with Gasteiger partial charge < -0.3 is 9.73 Å². The Morgan fingerprint density at radius 2 is 2.29 bits per heavy atom. The van der Waals surface area contributed by atoms with E-state index < -0.39 is 0 Å². The second-order valence-corrected chi connectivity index (χ2v) is 4.05. The normalized spacial score (nSPS) is 27.6. The van der Waals surface area contributed by atoms with Gasteiger partial charge in [-0.15, -0.1) is 10.2 Å². The molecule has 1 aliphatic rings. The summed E-state index contributed by atoms with van der Waals surface area (Å²) in [7, 11) is 1.91. The lowest BCUT2D eigenvalue weighted by Crippen LogP contribution is -2.15. The Kier molecular flexibility index (Phi) is 2.54. The first-order valence-electron chi connectivity index (χ1n) is 5.26. The molecule has 4 nitrogen and oxygen atoms in total. The Bertz CT molecular complexity index is 306. The summed E-state index contributed by atoms with van der Waals surface area (Å²) < 4.78 is 5.64. The molecule has 0 bridgehead atoms. The molecule has 0 aromatic carbocycles. The molecule has 3 atom stereocenters. The number of rotatable bonds is 4. The van der Waals surface area contributed by atoms with Gasteiger partial charge >= 0.3 is 0 Å². The molecule has 0 aliphatic heterocycles. The zero-order valence-electron chi connectivity index (χ0n) is 8.95. The largest absolute Gasteiger partial charge is 0.423 e. The molecule has 0 saturated heterocycles. The summed E-state index contributed by atoms with van der Waals surface area (Å²) in [6.45, 7) is 4.31. The Morgan fingerprint density at radius 1 is 1.57 bits per heavy atom. The quantitative estimate of drug-likeness (QED) is 0.796. The van der Waals surface area contributed by atoms with Crippen LogP contribution in [0, 0.1) is 5.92 Å². The van der Waals surface area contributed by atoms with Crippen LogP contribution in [0.4, 0.5) is 0 Å². The van der Waals surface area contributed by atoms with E-state index in [9.17, 15) is 0 Å². The molecule has 1 aromatic rings. The zero-order chi connectivity index (χ0) is 10.1. The van der Waals surface area contributed by atoms with Gasteiger partial charge in [-0.05, 0) is 25.8 Å². The highest BCUT2D eigenvalue weighted by Gasteiger charge is 2.39. The van der Waals surface area contributed by atoms with Crippen molar-refractivity contribution >= 4 is 0 Å². The van der Waals surface area contributed by atoms with Crippen molar-refractivity contribution < 1.29 is 4.42 Å². The number of nitrogens with zero attached hydrogens (tertiary/aromatic N) is 2. The lowest BCUT2D eigenvalue weighted by Gasteiger charge is -2.06. The topological polar surface area (TPSA) is 51.0 Å². The van der Waals surface area contributed by atoms with Crippen LogP contribution in [0.1, 0.15) is 50.4 Å². The van der Waals surface area contributed by atoms with Crippen molar-refractivity contribution in [1.29, 1.82) is 0 Å². The van der Waals surface area contributed by atoms with E-state index in [1.807, 2.05) is 7.05 Å². The molecule has 0 amide bonds. The van der Waals surface area contributed by atoms with Crippen molar-refractivity contribution in [1.82, 2.24) is 15.5 Å². The van der Waals surface area contributed by atoms with Crippen molar-refractivity contribution in [2.24, 2.45) is 5.92 Å². The lowest BCUT2D eigenvalue weighted by atomic mass is 10.2. The molecule has 1 aliphatic carbocycles. The first-order valence-corrected chi connectivity index (χ1v) is 5.26. The van der Waals surface area contributed by atoms with Crippen LogP contribution in [0.15, 0.2) is 4.42 Å². The first kappa shape index (κ1) is 9.65. The van der Waals surface area contributed by atoms with E-state index in [1.54, 1.807) is 0 Å². The summed E-state index contributed by atoms with van der Waals surface area (Å²) in [6.07, 6.45) is 2.16. The van der Waals surface area contributed by atoms with E-state index in [0.29, 0.717) is 5.92 Å². The Hall–Kier alpha value is -0.900. The van der Waals surface area contributed by atoms with Gasteiger partial charge in [0.25, 0.3) is 0 Å². The van der Waals surface area contributed by atoms with Crippen LogP contribution in [0.3, 0.4) is 0 Å². The fourth-order valence-electron chi connectivity index (χ4n) is 1.71. The molecular formula is C10H17N3O. The van der Waals surface area contributed by atoms with E-state index >= 15 is 0 Å². The number of hydrogen-bond acceptors (Lipinski definition) is 4. The molecule has 1 heterocycles. The second-order valence-electron chi connectivity index (χ2n) is 4.05. The third-order valence-corrected chi connectivity index (χ3v) is 2.94. The zero-order valence-corrected chi connectivity index (χ0v) is 8.95. The Balaban J connectivity index is 2.09. The monoisotopic (exact) mass is 195 g/mol. The molecule has 3 unspecified atom stereocenters. The van der Waals surface area contributed by atoms with Crippen molar-refractivity contribution in [3.05, 3.63) is 11.8 Å². The van der Waals surface area contributed by atoms with Crippen LogP contribution >= 0.6 is 0 Å². The maximum Gasteiger partial charge on any atom is 0.233 e. The van der Waals surface area contributed by atoms with Crippen molar-refractivity contribution in [3.63, 3.8) is 0 Å². The lowest BCUT2D eigenvalue weighted by molar-refractivity contribution is 0.384. The summed E-state index contributed by atoms with van der Waals surface area (Å²) in [5, 5.41) is 11.3. The van der Waals surface area contributed by atoms with Gasteiger partial charge in [0.05, 0.1) is 6.04 Å². The second kappa shape index (κ2) is 3.69. The van der Waals surface area contributed by atoms with Crippen molar-refractivity contribution in [3.8, 4) is 0 Å². The van der Waals surface area contributed by atoms with Gasteiger partial charge in [-0.25, -0.2) is 0 Å². The SMILES string of the molecule is CCC(NC)c1nnc(C2CC2C)o1. The third-order valence-electron chi connectivity index (χ3n) is 2.94. The first-order chi connectivity index (χ1) is 6.76. The molecule has 1 aromatic heterocycles. The highest BCUT2D eigenvalue weighted by Crippen LogP contribution is 2.46. The fourth-order valence-corrected chi connectivity index (χ4v) is 1.71. The average molecular weight is 195 g/mol. The molecule has 2 rings (SSSR count). The summed E-state index contributed by atoms with van der Waals surface area (Å²) in [4.78, 5) is 0. The minimum atomic E-state index is 0.199. The van der Waals surface area contributed by atoms with Crippen LogP contribution in [0.2, 0.25) is 0 Å². The van der Waals surface area contributed by atoms with E-state index in [1.165, 1.54) is 6.42 Å². The number of aromatic nitrogens is 2. The minimum absolute atomic E-state index is 0.199. The van der Waals surface area contributed by atoms with E-state index in [0.717, 1.165) is 24.1 Å². The average Bonchev–Trinajstić information content (AvgIpc) is 2.74. The highest BCUT2D eigenvalue weighted by atomic mass is 16.4. The van der Waals surface area contributed by atoms with Gasteiger partial charge in [0.2, 0.25) is 11.8 Å². The summed E-state index contributed by atoms with van der Waals surface area (Å²) >= 11 is 0. The van der Waals surface area contributed by atoms with Crippen LogP contribution in [-0.2, 0) is 0 Å². The molecule has 1 saturated carbocycles. The van der Waals surface area contributed by atoms with E-state index in [4.69, 9.17) is 4.42 Å². The summed E-state index contributed by atoms with van der Waals surface area (Å²) in [5.41, 5.74) is 0. The fraction of sp³-hybridized carbons (Fsp3) is 0.800. The maximum atomic E-state index is 5.64. The molecule has 78 valence electrons. The van der Waals surface area contributed by atoms with E-state index in [-0.39, 0.29) is 6.04 Å². The molecule has 4 heteroatoms. The van der Waals surface area contributed by atoms with Crippen LogP contribution in [0.5, 0.6) is 0 Å². The summed E-state index contributed by atoms with van der Waals surface area (Å²) in [6, 6.07) is 0.199. The van der Waals surface area contributed by atoms with Gasteiger partial charge in [-0.3, -0.25) is 0 Å². The van der Waals surface area contributed by atoms with Gasteiger partial charge in [0.1, 0.15) is 0 Å². The predicted molar refractivity (Wildman–Crippen MR) is 52.9 cm³/mol. The molecule has 1 N–H and O–H groups in total. The van der Waals surface area contributed by atoms with Gasteiger partial charge in [-0.2, -0.15) is 0 Å². The minimum Gasteiger partial charge on any atom is -0.423 e. The predicted octanol–water partition coefficient (Wildman–Crippen LogP) is 1.86. The number of nitrogens with one attached hydrogen (secondary N) is 1. The molecule has 14 heavy (non-hydrogen) atoms. The molecule has 0 radical (unpaired) electrons. The third kappa shape index (κ3) is 1.66. The Labute approximate surface area is 84.1 Å². The Morgan fingerprint density at radius 3 is 2.79 bits per heavy atom. The van der Waals surface area contributed by atoms with E-state index in [2.05, 4.69) is 29.4 Å². The molecule has 1 fully saturated rings. The van der Waals surface area contributed by atoms with Crippen LogP contribution in [-0.4, -0.2) is 17.2 Å². The van der Waals surface area contributed by atoms with Crippen molar-refractivity contribution in [2.45, 2.75) is 38.6 Å². The van der Waals surface area contributed by atoms with Gasteiger partial charge in [-0.1, -0.05) is 13.8 Å². The van der Waals surface area contributed by atoms with Crippen LogP contribution in [0.25, 0.3) is 0 Å². The molecular weight excluding hydrogens is 178 g/mol. The van der Waals surface area contributed by atoms with Gasteiger partial charge in [0.15, 0.2) is 0 Å². The van der Waals surface area contributed by atoms with Crippen LogP contribution < -0.4 is 5.32 Å². The number of hydrogen-bond donors (Lipinski definition) is 1.